The van der Waals surface area contributed by atoms with Crippen molar-refractivity contribution in [3.05, 3.63) is 0 Å². The lowest BCUT2D eigenvalue weighted by Crippen LogP contribution is -2.48. The van der Waals surface area contributed by atoms with E-state index in [1.54, 1.807) is 0 Å². The molecule has 3 nitrogen and oxygen atoms in total. The summed E-state index contributed by atoms with van der Waals surface area (Å²) in [7, 11) is 0. The zero-order valence-corrected chi connectivity index (χ0v) is 13.5. The summed E-state index contributed by atoms with van der Waals surface area (Å²) in [6.45, 7) is 10.1. The highest BCUT2D eigenvalue weighted by atomic mass is 16.3. The van der Waals surface area contributed by atoms with E-state index in [0.717, 1.165) is 6.54 Å². The Morgan fingerprint density at radius 2 is 1.85 bits per heavy atom. The van der Waals surface area contributed by atoms with E-state index in [2.05, 4.69) is 17.1 Å². The first-order valence-electron chi connectivity index (χ1n) is 8.76. The highest BCUT2D eigenvalue weighted by Crippen LogP contribution is 2.37. The Kier molecular flexibility index (Phi) is 6.31. The van der Waals surface area contributed by atoms with Crippen molar-refractivity contribution in [2.45, 2.75) is 64.9 Å². The second-order valence-corrected chi connectivity index (χ2v) is 7.20. The number of hydrogen-bond donors (Lipinski definition) is 2. The van der Waals surface area contributed by atoms with Crippen molar-refractivity contribution in [2.75, 3.05) is 32.7 Å². The van der Waals surface area contributed by atoms with Crippen molar-refractivity contribution in [1.29, 1.82) is 0 Å². The van der Waals surface area contributed by atoms with Crippen LogP contribution < -0.4 is 5.32 Å². The van der Waals surface area contributed by atoms with E-state index < -0.39 is 0 Å². The second-order valence-electron chi connectivity index (χ2n) is 7.20. The Morgan fingerprint density at radius 1 is 1.20 bits per heavy atom. The maximum absolute atomic E-state index is 9.72. The summed E-state index contributed by atoms with van der Waals surface area (Å²) in [4.78, 5) is 2.67. The summed E-state index contributed by atoms with van der Waals surface area (Å²) in [5, 5.41) is 13.3. The molecule has 1 heterocycles. The summed E-state index contributed by atoms with van der Waals surface area (Å²) in [5.41, 5.74) is 0.520. The standard InChI is InChI=1S/C17H34N2O/c1-3-18-13-17(9-5-4-6-10-17)14-19-11-7-16(8-12-19)15(2)20/h15-16,18,20H,3-14H2,1-2H3. The van der Waals surface area contributed by atoms with Crippen LogP contribution in [0.5, 0.6) is 0 Å². The Bertz CT molecular complexity index is 266. The number of nitrogens with zero attached hydrogens (tertiary/aromatic N) is 1. The van der Waals surface area contributed by atoms with Gasteiger partial charge in [-0.05, 0) is 63.6 Å². The van der Waals surface area contributed by atoms with Crippen LogP contribution in [0.25, 0.3) is 0 Å². The molecule has 3 heteroatoms. The molecule has 0 aromatic rings. The van der Waals surface area contributed by atoms with Crippen molar-refractivity contribution in [3.63, 3.8) is 0 Å². The molecule has 1 saturated heterocycles. The normalized spacial score (nSPS) is 26.6. The number of hydrogen-bond acceptors (Lipinski definition) is 3. The van der Waals surface area contributed by atoms with Gasteiger partial charge in [-0.15, -0.1) is 0 Å². The zero-order chi connectivity index (χ0) is 14.4. The SMILES string of the molecule is CCNCC1(CN2CCC(C(C)O)CC2)CCCCC1. The molecule has 20 heavy (non-hydrogen) atoms. The summed E-state index contributed by atoms with van der Waals surface area (Å²) in [5.74, 6) is 0.530. The molecule has 0 spiro atoms. The molecular weight excluding hydrogens is 248 g/mol. The third-order valence-electron chi connectivity index (χ3n) is 5.54. The van der Waals surface area contributed by atoms with Crippen molar-refractivity contribution < 1.29 is 5.11 Å². The largest absolute Gasteiger partial charge is 0.393 e. The van der Waals surface area contributed by atoms with Gasteiger partial charge in [-0.25, -0.2) is 0 Å². The van der Waals surface area contributed by atoms with Gasteiger partial charge in [0.2, 0.25) is 0 Å². The first-order valence-corrected chi connectivity index (χ1v) is 8.76. The highest BCUT2D eigenvalue weighted by Gasteiger charge is 2.34. The monoisotopic (exact) mass is 282 g/mol. The molecule has 118 valence electrons. The van der Waals surface area contributed by atoms with Gasteiger partial charge in [-0.3, -0.25) is 0 Å². The molecule has 2 rings (SSSR count). The summed E-state index contributed by atoms with van der Waals surface area (Å²) >= 11 is 0. The zero-order valence-electron chi connectivity index (χ0n) is 13.5. The number of nitrogens with one attached hydrogen (secondary N) is 1. The van der Waals surface area contributed by atoms with Crippen molar-refractivity contribution in [2.24, 2.45) is 11.3 Å². The summed E-state index contributed by atoms with van der Waals surface area (Å²) < 4.78 is 0. The fourth-order valence-electron chi connectivity index (χ4n) is 4.15. The molecule has 2 N–H and O–H groups in total. The Hall–Kier alpha value is -0.120. The van der Waals surface area contributed by atoms with Gasteiger partial charge in [0.15, 0.2) is 0 Å². The number of rotatable bonds is 6. The first-order chi connectivity index (χ1) is 9.65. The number of aliphatic hydroxyl groups is 1. The van der Waals surface area contributed by atoms with Gasteiger partial charge < -0.3 is 15.3 Å². The molecule has 1 aliphatic heterocycles. The molecule has 0 aromatic carbocycles. The van der Waals surface area contributed by atoms with Crippen LogP contribution in [0, 0.1) is 11.3 Å². The van der Waals surface area contributed by atoms with Crippen LogP contribution in [0.3, 0.4) is 0 Å². The van der Waals surface area contributed by atoms with Gasteiger partial charge in [-0.2, -0.15) is 0 Å². The minimum absolute atomic E-state index is 0.123. The van der Waals surface area contributed by atoms with E-state index in [1.165, 1.54) is 71.1 Å². The van der Waals surface area contributed by atoms with Crippen LogP contribution in [0.15, 0.2) is 0 Å². The number of piperidine rings is 1. The van der Waals surface area contributed by atoms with Crippen LogP contribution in [0.4, 0.5) is 0 Å². The van der Waals surface area contributed by atoms with Gasteiger partial charge in [-0.1, -0.05) is 26.2 Å². The molecule has 2 aliphatic rings. The van der Waals surface area contributed by atoms with Crippen LogP contribution in [0.1, 0.15) is 58.8 Å². The van der Waals surface area contributed by atoms with Crippen LogP contribution >= 0.6 is 0 Å². The average molecular weight is 282 g/mol. The highest BCUT2D eigenvalue weighted by molar-refractivity contribution is 4.89. The van der Waals surface area contributed by atoms with Gasteiger partial charge in [0.25, 0.3) is 0 Å². The van der Waals surface area contributed by atoms with Crippen LogP contribution in [0.2, 0.25) is 0 Å². The topological polar surface area (TPSA) is 35.5 Å². The molecule has 1 aliphatic carbocycles. The fraction of sp³-hybridized carbons (Fsp3) is 1.00. The van der Waals surface area contributed by atoms with E-state index in [0.29, 0.717) is 11.3 Å². The van der Waals surface area contributed by atoms with E-state index in [9.17, 15) is 5.11 Å². The molecule has 0 bridgehead atoms. The van der Waals surface area contributed by atoms with Gasteiger partial charge in [0.1, 0.15) is 0 Å². The van der Waals surface area contributed by atoms with Crippen LogP contribution in [-0.4, -0.2) is 48.8 Å². The quantitative estimate of drug-likeness (QED) is 0.786. The Labute approximate surface area is 125 Å². The first kappa shape index (κ1) is 16.3. The minimum Gasteiger partial charge on any atom is -0.393 e. The van der Waals surface area contributed by atoms with E-state index in [4.69, 9.17) is 0 Å². The molecule has 1 unspecified atom stereocenters. The molecule has 0 amide bonds. The lowest BCUT2D eigenvalue weighted by molar-refractivity contribution is 0.0415. The predicted octanol–water partition coefficient (Wildman–Crippen LogP) is 2.64. The van der Waals surface area contributed by atoms with Gasteiger partial charge >= 0.3 is 0 Å². The number of aliphatic hydroxyl groups excluding tert-OH is 1. The molecular formula is C17H34N2O. The van der Waals surface area contributed by atoms with Crippen molar-refractivity contribution in [1.82, 2.24) is 10.2 Å². The third-order valence-corrected chi connectivity index (χ3v) is 5.54. The smallest absolute Gasteiger partial charge is 0.0541 e. The van der Waals surface area contributed by atoms with E-state index in [1.807, 2.05) is 6.92 Å². The van der Waals surface area contributed by atoms with E-state index >= 15 is 0 Å². The van der Waals surface area contributed by atoms with Crippen molar-refractivity contribution in [3.8, 4) is 0 Å². The summed E-state index contributed by atoms with van der Waals surface area (Å²) in [6, 6.07) is 0. The Balaban J connectivity index is 1.85. The Morgan fingerprint density at radius 3 is 2.40 bits per heavy atom. The lowest BCUT2D eigenvalue weighted by atomic mass is 9.73. The molecule has 0 radical (unpaired) electrons. The van der Waals surface area contributed by atoms with Gasteiger partial charge in [0, 0.05) is 13.1 Å². The van der Waals surface area contributed by atoms with Crippen LogP contribution in [-0.2, 0) is 0 Å². The van der Waals surface area contributed by atoms with Crippen molar-refractivity contribution >= 4 is 0 Å². The maximum atomic E-state index is 9.72. The predicted molar refractivity (Wildman–Crippen MR) is 84.9 cm³/mol. The lowest BCUT2D eigenvalue weighted by Gasteiger charge is -2.43. The minimum atomic E-state index is -0.123. The molecule has 1 atom stereocenters. The summed E-state index contributed by atoms with van der Waals surface area (Å²) in [6.07, 6.45) is 9.28. The second kappa shape index (κ2) is 7.77. The van der Waals surface area contributed by atoms with Gasteiger partial charge in [0.05, 0.1) is 6.10 Å². The third kappa shape index (κ3) is 4.44. The number of likely N-dealkylation sites (tertiary alicyclic amines) is 1. The molecule has 0 aromatic heterocycles. The van der Waals surface area contributed by atoms with E-state index in [-0.39, 0.29) is 6.10 Å². The molecule has 2 fully saturated rings. The average Bonchev–Trinajstić information content (AvgIpc) is 2.47. The molecule has 1 saturated carbocycles. The fourth-order valence-corrected chi connectivity index (χ4v) is 4.15. The maximum Gasteiger partial charge on any atom is 0.0541 e.